The predicted octanol–water partition coefficient (Wildman–Crippen LogP) is 11.9. The van der Waals surface area contributed by atoms with E-state index in [4.69, 9.17) is 28.4 Å². The maximum atomic E-state index is 14.1. The molecule has 0 saturated heterocycles. The number of carboxylic acid groups (broad SMARTS) is 1. The third-order valence-corrected chi connectivity index (χ3v) is 11.8. The van der Waals surface area contributed by atoms with Gasteiger partial charge in [-0.25, -0.2) is 4.79 Å². The van der Waals surface area contributed by atoms with Gasteiger partial charge in [-0.2, -0.15) is 0 Å². The standard InChI is InChI=1S/C62H58N2O10/c65-60(51-35-54(69-39-45-21-7-1-8-22-45)58(73-43-49-29-15-5-16-30-49)55(36-51)70-40-46-23-9-2-10-24-46)63-34-20-19-33-53(62(67)68)64-61(66)52-37-56(71-41-47-25-11-3-12-26-47)59(74-44-50-31-17-6-18-32-50)57(38-52)72-42-48-27-13-4-14-28-48/h1-18,21-32,35-38,53H,19-20,33-34,39-44H2,(H,63,65)(H,64,66)(H,67,68)/t53-/m0/s1. The normalized spacial score (nSPS) is 11.1. The summed E-state index contributed by atoms with van der Waals surface area (Å²) in [4.78, 5) is 40.6. The van der Waals surface area contributed by atoms with Crippen LogP contribution in [0, 0.1) is 0 Å². The fourth-order valence-electron chi connectivity index (χ4n) is 7.81. The number of benzene rings is 8. The van der Waals surface area contributed by atoms with Crippen molar-refractivity contribution in [3.8, 4) is 34.5 Å². The Labute approximate surface area is 431 Å². The number of nitrogens with one attached hydrogen (secondary N) is 2. The van der Waals surface area contributed by atoms with Gasteiger partial charge in [0.15, 0.2) is 23.0 Å². The van der Waals surface area contributed by atoms with Crippen molar-refractivity contribution in [3.05, 3.63) is 251 Å². The van der Waals surface area contributed by atoms with Crippen LogP contribution in [0.25, 0.3) is 0 Å². The molecule has 0 saturated carbocycles. The lowest BCUT2D eigenvalue weighted by Crippen LogP contribution is -2.40. The van der Waals surface area contributed by atoms with Crippen molar-refractivity contribution in [1.82, 2.24) is 10.6 Å². The molecule has 1 atom stereocenters. The van der Waals surface area contributed by atoms with Gasteiger partial charge in [0, 0.05) is 17.7 Å². The second-order valence-corrected chi connectivity index (χ2v) is 17.4. The molecule has 0 unspecified atom stereocenters. The van der Waals surface area contributed by atoms with E-state index in [9.17, 15) is 19.5 Å². The van der Waals surface area contributed by atoms with E-state index in [0.29, 0.717) is 35.8 Å². The van der Waals surface area contributed by atoms with E-state index >= 15 is 0 Å². The highest BCUT2D eigenvalue weighted by Crippen LogP contribution is 2.42. The average molecular weight is 991 g/mol. The van der Waals surface area contributed by atoms with Gasteiger partial charge in [0.25, 0.3) is 11.8 Å². The highest BCUT2D eigenvalue weighted by atomic mass is 16.5. The molecule has 0 radical (unpaired) electrons. The molecule has 8 aromatic rings. The molecule has 12 heteroatoms. The van der Waals surface area contributed by atoms with Crippen LogP contribution in [0.15, 0.2) is 206 Å². The van der Waals surface area contributed by atoms with Crippen molar-refractivity contribution in [1.29, 1.82) is 0 Å². The van der Waals surface area contributed by atoms with Crippen molar-refractivity contribution in [2.24, 2.45) is 0 Å². The molecule has 0 aliphatic heterocycles. The van der Waals surface area contributed by atoms with E-state index in [2.05, 4.69) is 10.6 Å². The largest absolute Gasteiger partial charge is 0.485 e. The van der Waals surface area contributed by atoms with Crippen LogP contribution in [0.5, 0.6) is 34.5 Å². The van der Waals surface area contributed by atoms with Gasteiger partial charge in [-0.1, -0.05) is 182 Å². The molecule has 376 valence electrons. The minimum absolute atomic E-state index is 0.0896. The average Bonchev–Trinajstić information content (AvgIpc) is 3.45. The van der Waals surface area contributed by atoms with Gasteiger partial charge in [0.2, 0.25) is 11.5 Å². The minimum atomic E-state index is -1.24. The summed E-state index contributed by atoms with van der Waals surface area (Å²) in [5, 5.41) is 16.0. The number of unbranched alkanes of at least 4 members (excludes halogenated alkanes) is 1. The first kappa shape index (κ1) is 51.3. The highest BCUT2D eigenvalue weighted by Gasteiger charge is 2.25. The minimum Gasteiger partial charge on any atom is -0.485 e. The van der Waals surface area contributed by atoms with E-state index in [-0.39, 0.29) is 81.1 Å². The van der Waals surface area contributed by atoms with Gasteiger partial charge in [0.1, 0.15) is 45.7 Å². The summed E-state index contributed by atoms with van der Waals surface area (Å²) in [6.45, 7) is 1.42. The monoisotopic (exact) mass is 990 g/mol. The maximum absolute atomic E-state index is 14.1. The predicted molar refractivity (Wildman–Crippen MR) is 283 cm³/mol. The Morgan fingerprint density at radius 2 is 0.662 bits per heavy atom. The van der Waals surface area contributed by atoms with Gasteiger partial charge in [-0.05, 0) is 76.9 Å². The van der Waals surface area contributed by atoms with Crippen LogP contribution in [-0.4, -0.2) is 35.5 Å². The molecule has 0 aliphatic carbocycles. The van der Waals surface area contributed by atoms with Gasteiger partial charge < -0.3 is 44.2 Å². The van der Waals surface area contributed by atoms with Gasteiger partial charge in [0.05, 0.1) is 0 Å². The first-order chi connectivity index (χ1) is 36.3. The van der Waals surface area contributed by atoms with E-state index in [1.165, 1.54) is 0 Å². The number of carbonyl (C=O) groups is 3. The number of hydrogen-bond acceptors (Lipinski definition) is 9. The Kier molecular flexibility index (Phi) is 18.7. The summed E-state index contributed by atoms with van der Waals surface area (Å²) in [5.41, 5.74) is 5.90. The Hall–Kier alpha value is -9.03. The molecule has 0 bridgehead atoms. The topological polar surface area (TPSA) is 151 Å². The summed E-state index contributed by atoms with van der Waals surface area (Å²) in [7, 11) is 0. The van der Waals surface area contributed by atoms with E-state index < -0.39 is 17.9 Å². The van der Waals surface area contributed by atoms with Crippen molar-refractivity contribution >= 4 is 17.8 Å². The molecular weight excluding hydrogens is 933 g/mol. The first-order valence-electron chi connectivity index (χ1n) is 24.5. The number of aliphatic carboxylic acids is 1. The number of carboxylic acids is 1. The molecule has 0 aromatic heterocycles. The van der Waals surface area contributed by atoms with Crippen molar-refractivity contribution in [2.75, 3.05) is 6.54 Å². The molecule has 0 fully saturated rings. The molecule has 3 N–H and O–H groups in total. The Morgan fingerprint density at radius 3 is 0.959 bits per heavy atom. The molecule has 12 nitrogen and oxygen atoms in total. The third kappa shape index (κ3) is 15.5. The zero-order valence-corrected chi connectivity index (χ0v) is 40.9. The van der Waals surface area contributed by atoms with Crippen molar-refractivity contribution in [3.63, 3.8) is 0 Å². The fraction of sp³-hybridized carbons (Fsp3) is 0.177. The van der Waals surface area contributed by atoms with E-state index in [1.807, 2.05) is 182 Å². The zero-order valence-electron chi connectivity index (χ0n) is 40.9. The number of carbonyl (C=O) groups excluding carboxylic acids is 2. The Bertz CT molecular complexity index is 2890. The number of rotatable bonds is 27. The van der Waals surface area contributed by atoms with Crippen LogP contribution in [-0.2, 0) is 44.4 Å². The second-order valence-electron chi connectivity index (χ2n) is 17.4. The summed E-state index contributed by atoms with van der Waals surface area (Å²) >= 11 is 0. The molecule has 2 amide bonds. The Balaban J connectivity index is 0.954. The fourth-order valence-corrected chi connectivity index (χ4v) is 7.81. The molecule has 0 spiro atoms. The number of amides is 2. The molecular formula is C62H58N2O10. The Morgan fingerprint density at radius 1 is 0.378 bits per heavy atom. The van der Waals surface area contributed by atoms with Crippen LogP contribution in [0.2, 0.25) is 0 Å². The lowest BCUT2D eigenvalue weighted by atomic mass is 10.1. The van der Waals surface area contributed by atoms with Gasteiger partial charge in [-0.3, -0.25) is 9.59 Å². The lowest BCUT2D eigenvalue weighted by Gasteiger charge is -2.20. The zero-order chi connectivity index (χ0) is 51.2. The van der Waals surface area contributed by atoms with Gasteiger partial charge >= 0.3 is 5.97 Å². The molecule has 0 heterocycles. The summed E-state index contributed by atoms with van der Waals surface area (Å²) in [6.07, 6.45) is 0.872. The SMILES string of the molecule is O=C(NCCCC[C@H](NC(=O)c1cc(OCc2ccccc2)c(OCc2ccccc2)c(OCc2ccccc2)c1)C(=O)O)c1cc(OCc2ccccc2)c(OCc2ccccc2)c(OCc2ccccc2)c1. The number of ether oxygens (including phenoxy) is 6. The van der Waals surface area contributed by atoms with Crippen LogP contribution in [0.4, 0.5) is 0 Å². The highest BCUT2D eigenvalue weighted by molar-refractivity contribution is 5.98. The quantitative estimate of drug-likeness (QED) is 0.0425. The molecule has 74 heavy (non-hydrogen) atoms. The van der Waals surface area contributed by atoms with E-state index in [1.54, 1.807) is 24.3 Å². The van der Waals surface area contributed by atoms with Gasteiger partial charge in [-0.15, -0.1) is 0 Å². The summed E-state index contributed by atoms with van der Waals surface area (Å²) < 4.78 is 38.2. The van der Waals surface area contributed by atoms with E-state index in [0.717, 1.165) is 33.4 Å². The van der Waals surface area contributed by atoms with Crippen molar-refractivity contribution in [2.45, 2.75) is 64.9 Å². The number of hydrogen-bond donors (Lipinski definition) is 3. The van der Waals surface area contributed by atoms with Crippen molar-refractivity contribution < 1.29 is 47.9 Å². The van der Waals surface area contributed by atoms with Crippen LogP contribution >= 0.6 is 0 Å². The first-order valence-corrected chi connectivity index (χ1v) is 24.5. The maximum Gasteiger partial charge on any atom is 0.326 e. The summed E-state index contributed by atoms with van der Waals surface area (Å²) in [6, 6.07) is 63.0. The smallest absolute Gasteiger partial charge is 0.326 e. The van der Waals surface area contributed by atoms with Crippen LogP contribution in [0.1, 0.15) is 73.4 Å². The molecule has 8 rings (SSSR count). The third-order valence-electron chi connectivity index (χ3n) is 11.8. The summed E-state index contributed by atoms with van der Waals surface area (Å²) in [5.74, 6) is -0.396. The molecule has 8 aromatic carbocycles. The molecule has 0 aliphatic rings. The van der Waals surface area contributed by atoms with Crippen LogP contribution in [0.3, 0.4) is 0 Å². The second kappa shape index (κ2) is 27.0. The lowest BCUT2D eigenvalue weighted by molar-refractivity contribution is -0.139. The van der Waals surface area contributed by atoms with Crippen LogP contribution < -0.4 is 39.1 Å².